The van der Waals surface area contributed by atoms with Crippen molar-refractivity contribution in [1.29, 1.82) is 0 Å². The molecule has 1 aliphatic heterocycles. The van der Waals surface area contributed by atoms with Gasteiger partial charge in [-0.1, -0.05) is 23.7 Å². The average molecular weight is 388 g/mol. The van der Waals surface area contributed by atoms with Crippen LogP contribution in [0.25, 0.3) is 0 Å². The zero-order valence-electron chi connectivity index (χ0n) is 15.1. The van der Waals surface area contributed by atoms with E-state index in [-0.39, 0.29) is 24.4 Å². The lowest BCUT2D eigenvalue weighted by molar-refractivity contribution is -0.133. The number of amides is 2. The van der Waals surface area contributed by atoms with Crippen LogP contribution in [0.15, 0.2) is 48.5 Å². The summed E-state index contributed by atoms with van der Waals surface area (Å²) in [5, 5.41) is 6.64. The highest BCUT2D eigenvalue weighted by Gasteiger charge is 2.28. The number of nitrogens with one attached hydrogen (secondary N) is 2. The van der Waals surface area contributed by atoms with Gasteiger partial charge in [-0.05, 0) is 42.0 Å². The molecule has 3 rings (SSSR count). The summed E-state index contributed by atoms with van der Waals surface area (Å²) in [6.07, 6.45) is 0. The first-order valence-corrected chi connectivity index (χ1v) is 9.14. The van der Waals surface area contributed by atoms with Crippen molar-refractivity contribution in [1.82, 2.24) is 15.5 Å². The maximum Gasteiger partial charge on any atom is 0.251 e. The molecule has 7 heteroatoms. The molecule has 1 heterocycles. The zero-order valence-corrected chi connectivity index (χ0v) is 15.8. The number of benzene rings is 2. The molecule has 0 aliphatic carbocycles. The number of ether oxygens (including phenoxy) is 1. The van der Waals surface area contributed by atoms with Crippen LogP contribution in [0.5, 0.6) is 5.75 Å². The zero-order chi connectivity index (χ0) is 19.2. The molecule has 1 unspecified atom stereocenters. The molecule has 2 N–H and O–H groups in total. The molecule has 0 spiro atoms. The molecule has 1 fully saturated rings. The Hall–Kier alpha value is -2.57. The molecule has 0 saturated carbocycles. The van der Waals surface area contributed by atoms with E-state index in [4.69, 9.17) is 16.3 Å². The van der Waals surface area contributed by atoms with Gasteiger partial charge in [-0.3, -0.25) is 9.59 Å². The number of carbonyl (C=O) groups excluding carboxylic acids is 2. The number of piperazine rings is 1. The Morgan fingerprint density at radius 1 is 1.26 bits per heavy atom. The van der Waals surface area contributed by atoms with Crippen LogP contribution in [0.3, 0.4) is 0 Å². The predicted molar refractivity (Wildman–Crippen MR) is 104 cm³/mol. The van der Waals surface area contributed by atoms with Crippen molar-refractivity contribution in [3.63, 3.8) is 0 Å². The van der Waals surface area contributed by atoms with Crippen LogP contribution >= 0.6 is 11.6 Å². The maximum atomic E-state index is 12.7. The van der Waals surface area contributed by atoms with Crippen LogP contribution in [0.4, 0.5) is 0 Å². The fraction of sp³-hybridized carbons (Fsp3) is 0.300. The summed E-state index contributed by atoms with van der Waals surface area (Å²) in [5.74, 6) is 0.261. The van der Waals surface area contributed by atoms with Crippen LogP contribution in [0.1, 0.15) is 22.0 Å². The van der Waals surface area contributed by atoms with Crippen LogP contribution in [-0.4, -0.2) is 50.0 Å². The van der Waals surface area contributed by atoms with Crippen molar-refractivity contribution in [2.24, 2.45) is 0 Å². The summed E-state index contributed by atoms with van der Waals surface area (Å²) in [4.78, 5) is 26.8. The summed E-state index contributed by atoms with van der Waals surface area (Å²) >= 11 is 6.09. The van der Waals surface area contributed by atoms with E-state index in [0.717, 1.165) is 12.1 Å². The quantitative estimate of drug-likeness (QED) is 0.825. The normalized spacial score (nSPS) is 16.7. The van der Waals surface area contributed by atoms with E-state index in [1.807, 2.05) is 24.3 Å². The topological polar surface area (TPSA) is 70.7 Å². The Kier molecular flexibility index (Phi) is 6.32. The standard InChI is InChI=1S/C20H22ClN3O3/c1-27-17-7-5-14(6-8-17)20(26)23-13-19(25)24-10-9-22-12-18(24)15-3-2-4-16(21)11-15/h2-8,11,18,22H,9-10,12-13H2,1H3,(H,23,26). The number of hydrogen-bond acceptors (Lipinski definition) is 4. The molecule has 142 valence electrons. The summed E-state index contributed by atoms with van der Waals surface area (Å²) < 4.78 is 5.08. The van der Waals surface area contributed by atoms with Gasteiger partial charge in [0.2, 0.25) is 5.91 Å². The lowest BCUT2D eigenvalue weighted by Gasteiger charge is -2.36. The minimum atomic E-state index is -0.291. The van der Waals surface area contributed by atoms with Crippen molar-refractivity contribution in [3.8, 4) is 5.75 Å². The maximum absolute atomic E-state index is 12.7. The lowest BCUT2D eigenvalue weighted by atomic mass is 10.0. The van der Waals surface area contributed by atoms with Gasteiger partial charge in [-0.2, -0.15) is 0 Å². The van der Waals surface area contributed by atoms with Crippen molar-refractivity contribution in [2.45, 2.75) is 6.04 Å². The number of methoxy groups -OCH3 is 1. The molecule has 27 heavy (non-hydrogen) atoms. The Morgan fingerprint density at radius 3 is 2.74 bits per heavy atom. The minimum absolute atomic E-state index is 0.0536. The van der Waals surface area contributed by atoms with Gasteiger partial charge in [0.05, 0.1) is 19.7 Å². The van der Waals surface area contributed by atoms with Gasteiger partial charge < -0.3 is 20.3 Å². The fourth-order valence-electron chi connectivity index (χ4n) is 3.12. The van der Waals surface area contributed by atoms with Crippen molar-refractivity contribution < 1.29 is 14.3 Å². The number of nitrogens with zero attached hydrogens (tertiary/aromatic N) is 1. The number of rotatable bonds is 5. The third-order valence-electron chi connectivity index (χ3n) is 4.55. The molecular formula is C20H22ClN3O3. The van der Waals surface area contributed by atoms with Gasteiger partial charge in [-0.15, -0.1) is 0 Å². The van der Waals surface area contributed by atoms with Gasteiger partial charge in [-0.25, -0.2) is 0 Å². The van der Waals surface area contributed by atoms with Gasteiger partial charge in [0.25, 0.3) is 5.91 Å². The van der Waals surface area contributed by atoms with Gasteiger partial charge in [0.1, 0.15) is 5.75 Å². The highest BCUT2D eigenvalue weighted by atomic mass is 35.5. The van der Waals surface area contributed by atoms with Gasteiger partial charge >= 0.3 is 0 Å². The minimum Gasteiger partial charge on any atom is -0.497 e. The monoisotopic (exact) mass is 387 g/mol. The first-order chi connectivity index (χ1) is 13.1. The average Bonchev–Trinajstić information content (AvgIpc) is 2.72. The van der Waals surface area contributed by atoms with E-state index in [0.29, 0.717) is 29.4 Å². The third kappa shape index (κ3) is 4.78. The summed E-state index contributed by atoms with van der Waals surface area (Å²) in [6, 6.07) is 14.2. The van der Waals surface area contributed by atoms with Crippen molar-refractivity contribution >= 4 is 23.4 Å². The molecule has 2 aromatic rings. The first-order valence-electron chi connectivity index (χ1n) is 8.76. The Labute approximate surface area is 163 Å². The molecule has 1 aliphatic rings. The molecule has 6 nitrogen and oxygen atoms in total. The fourth-order valence-corrected chi connectivity index (χ4v) is 3.32. The SMILES string of the molecule is COc1ccc(C(=O)NCC(=O)N2CCNCC2c2cccc(Cl)c2)cc1. The van der Waals surface area contributed by atoms with Crippen LogP contribution in [-0.2, 0) is 4.79 Å². The van der Waals surface area contributed by atoms with E-state index in [9.17, 15) is 9.59 Å². The largest absolute Gasteiger partial charge is 0.497 e. The number of hydrogen-bond donors (Lipinski definition) is 2. The highest BCUT2D eigenvalue weighted by molar-refractivity contribution is 6.30. The molecule has 0 aromatic heterocycles. The summed E-state index contributed by atoms with van der Waals surface area (Å²) in [5.41, 5.74) is 1.46. The van der Waals surface area contributed by atoms with E-state index < -0.39 is 0 Å². The summed E-state index contributed by atoms with van der Waals surface area (Å²) in [7, 11) is 1.57. The highest BCUT2D eigenvalue weighted by Crippen LogP contribution is 2.24. The molecule has 1 saturated heterocycles. The number of carbonyl (C=O) groups is 2. The van der Waals surface area contributed by atoms with Crippen LogP contribution in [0.2, 0.25) is 5.02 Å². The summed E-state index contributed by atoms with van der Waals surface area (Å²) in [6.45, 7) is 1.89. The van der Waals surface area contributed by atoms with Gasteiger partial charge in [0, 0.05) is 30.2 Å². The Morgan fingerprint density at radius 2 is 2.04 bits per heavy atom. The molecule has 1 atom stereocenters. The predicted octanol–water partition coefficient (Wildman–Crippen LogP) is 2.25. The van der Waals surface area contributed by atoms with E-state index in [1.54, 1.807) is 36.3 Å². The first kappa shape index (κ1) is 19.2. The molecule has 2 amide bonds. The second-order valence-electron chi connectivity index (χ2n) is 6.27. The molecule has 2 aromatic carbocycles. The second kappa shape index (κ2) is 8.88. The van der Waals surface area contributed by atoms with Crippen LogP contribution in [0, 0.1) is 0 Å². The van der Waals surface area contributed by atoms with E-state index >= 15 is 0 Å². The Balaban J connectivity index is 1.63. The molecule has 0 radical (unpaired) electrons. The van der Waals surface area contributed by atoms with Crippen molar-refractivity contribution in [2.75, 3.05) is 33.3 Å². The van der Waals surface area contributed by atoms with Gasteiger partial charge in [0.15, 0.2) is 0 Å². The Bertz CT molecular complexity index is 810. The van der Waals surface area contributed by atoms with E-state index in [2.05, 4.69) is 10.6 Å². The van der Waals surface area contributed by atoms with Crippen LogP contribution < -0.4 is 15.4 Å². The number of halogens is 1. The van der Waals surface area contributed by atoms with Crippen molar-refractivity contribution in [3.05, 3.63) is 64.7 Å². The second-order valence-corrected chi connectivity index (χ2v) is 6.71. The smallest absolute Gasteiger partial charge is 0.251 e. The molecular weight excluding hydrogens is 366 g/mol. The third-order valence-corrected chi connectivity index (χ3v) is 4.78. The van der Waals surface area contributed by atoms with E-state index in [1.165, 1.54) is 0 Å². The molecule has 0 bridgehead atoms. The lowest BCUT2D eigenvalue weighted by Crippen LogP contribution is -2.51.